The van der Waals surface area contributed by atoms with Gasteiger partial charge < -0.3 is 10.0 Å². The Balaban J connectivity index is 2.97. The second-order valence-corrected chi connectivity index (χ2v) is 4.80. The molecule has 104 valence electrons. The van der Waals surface area contributed by atoms with Crippen LogP contribution in [0.3, 0.4) is 0 Å². The summed E-state index contributed by atoms with van der Waals surface area (Å²) in [4.78, 5) is 12.8. The molecule has 1 N–H and O–H groups in total. The SMILES string of the molecule is CCC(CC)N(C)c1ccc(/C=C/C(=O)O)cc1C. The second kappa shape index (κ2) is 6.98. The summed E-state index contributed by atoms with van der Waals surface area (Å²) >= 11 is 0. The van der Waals surface area contributed by atoms with Crippen molar-refractivity contribution in [3.63, 3.8) is 0 Å². The Kier molecular flexibility index (Phi) is 5.61. The van der Waals surface area contributed by atoms with Crippen LogP contribution in [0.1, 0.15) is 37.8 Å². The Labute approximate surface area is 115 Å². The third-order valence-electron chi connectivity index (χ3n) is 3.51. The molecule has 0 aliphatic heterocycles. The second-order valence-electron chi connectivity index (χ2n) is 4.80. The zero-order valence-corrected chi connectivity index (χ0v) is 12.2. The lowest BCUT2D eigenvalue weighted by Gasteiger charge is -2.30. The fourth-order valence-corrected chi connectivity index (χ4v) is 2.38. The molecule has 0 aliphatic rings. The number of nitrogens with zero attached hydrogens (tertiary/aromatic N) is 1. The van der Waals surface area contributed by atoms with Crippen molar-refractivity contribution in [1.29, 1.82) is 0 Å². The number of hydrogen-bond acceptors (Lipinski definition) is 2. The molecule has 0 unspecified atom stereocenters. The summed E-state index contributed by atoms with van der Waals surface area (Å²) in [6, 6.07) is 6.59. The monoisotopic (exact) mass is 261 g/mol. The van der Waals surface area contributed by atoms with E-state index >= 15 is 0 Å². The summed E-state index contributed by atoms with van der Waals surface area (Å²) < 4.78 is 0. The number of anilines is 1. The lowest BCUT2D eigenvalue weighted by Crippen LogP contribution is -2.30. The quantitative estimate of drug-likeness (QED) is 0.793. The van der Waals surface area contributed by atoms with Crippen LogP contribution in [0.25, 0.3) is 6.08 Å². The van der Waals surface area contributed by atoms with Crippen LogP contribution in [0, 0.1) is 6.92 Å². The van der Waals surface area contributed by atoms with Crippen LogP contribution in [-0.4, -0.2) is 24.2 Å². The normalized spacial score (nSPS) is 11.2. The van der Waals surface area contributed by atoms with Crippen molar-refractivity contribution in [2.75, 3.05) is 11.9 Å². The fourth-order valence-electron chi connectivity index (χ4n) is 2.38. The molecule has 1 aromatic rings. The van der Waals surface area contributed by atoms with Crippen molar-refractivity contribution >= 4 is 17.7 Å². The first-order chi connectivity index (χ1) is 8.99. The van der Waals surface area contributed by atoms with Crippen LogP contribution < -0.4 is 4.90 Å². The van der Waals surface area contributed by atoms with E-state index in [4.69, 9.17) is 5.11 Å². The van der Waals surface area contributed by atoms with Gasteiger partial charge in [-0.1, -0.05) is 19.9 Å². The zero-order chi connectivity index (χ0) is 14.4. The number of aryl methyl sites for hydroxylation is 1. The Morgan fingerprint density at radius 1 is 1.37 bits per heavy atom. The van der Waals surface area contributed by atoms with Crippen molar-refractivity contribution in [3.05, 3.63) is 35.4 Å². The molecule has 1 aromatic carbocycles. The van der Waals surface area contributed by atoms with Gasteiger partial charge in [0, 0.05) is 24.9 Å². The van der Waals surface area contributed by atoms with Gasteiger partial charge >= 0.3 is 5.97 Å². The summed E-state index contributed by atoms with van der Waals surface area (Å²) in [5.74, 6) is -0.920. The molecule has 1 rings (SSSR count). The lowest BCUT2D eigenvalue weighted by molar-refractivity contribution is -0.131. The van der Waals surface area contributed by atoms with E-state index in [-0.39, 0.29) is 0 Å². The first-order valence-electron chi connectivity index (χ1n) is 6.74. The van der Waals surface area contributed by atoms with Gasteiger partial charge in [0.05, 0.1) is 0 Å². The van der Waals surface area contributed by atoms with E-state index in [1.54, 1.807) is 6.08 Å². The average Bonchev–Trinajstić information content (AvgIpc) is 2.37. The number of benzene rings is 1. The maximum absolute atomic E-state index is 10.5. The van der Waals surface area contributed by atoms with Crippen LogP contribution in [0.4, 0.5) is 5.69 Å². The molecule has 0 saturated carbocycles. The van der Waals surface area contributed by atoms with Crippen molar-refractivity contribution in [2.45, 2.75) is 39.7 Å². The molecule has 0 radical (unpaired) electrons. The number of hydrogen-bond donors (Lipinski definition) is 1. The van der Waals surface area contributed by atoms with Gasteiger partial charge in [0.2, 0.25) is 0 Å². The Morgan fingerprint density at radius 2 is 2.00 bits per heavy atom. The van der Waals surface area contributed by atoms with Crippen molar-refractivity contribution in [1.82, 2.24) is 0 Å². The molecule has 0 heterocycles. The molecule has 0 bridgehead atoms. The first kappa shape index (κ1) is 15.3. The first-order valence-corrected chi connectivity index (χ1v) is 6.74. The third-order valence-corrected chi connectivity index (χ3v) is 3.51. The Morgan fingerprint density at radius 3 is 2.47 bits per heavy atom. The molecule has 0 atom stereocenters. The van der Waals surface area contributed by atoms with Crippen molar-refractivity contribution in [3.8, 4) is 0 Å². The Bertz CT molecular complexity index is 462. The van der Waals surface area contributed by atoms with Gasteiger partial charge in [0.25, 0.3) is 0 Å². The van der Waals surface area contributed by atoms with Gasteiger partial charge in [-0.05, 0) is 49.1 Å². The minimum Gasteiger partial charge on any atom is -0.478 e. The highest BCUT2D eigenvalue weighted by atomic mass is 16.4. The number of carboxylic acid groups (broad SMARTS) is 1. The molecule has 0 amide bonds. The molecule has 0 spiro atoms. The minimum atomic E-state index is -0.920. The van der Waals surface area contributed by atoms with E-state index in [1.807, 2.05) is 12.1 Å². The molecule has 3 heteroatoms. The van der Waals surface area contributed by atoms with Gasteiger partial charge in [-0.3, -0.25) is 0 Å². The smallest absolute Gasteiger partial charge is 0.328 e. The van der Waals surface area contributed by atoms with E-state index in [2.05, 4.69) is 38.8 Å². The lowest BCUT2D eigenvalue weighted by atomic mass is 10.1. The number of aliphatic carboxylic acids is 1. The van der Waals surface area contributed by atoms with Gasteiger partial charge in [-0.2, -0.15) is 0 Å². The summed E-state index contributed by atoms with van der Waals surface area (Å²) in [7, 11) is 2.12. The highest BCUT2D eigenvalue weighted by Crippen LogP contribution is 2.24. The molecule has 0 aliphatic carbocycles. The molecular weight excluding hydrogens is 238 g/mol. The number of carboxylic acids is 1. The topological polar surface area (TPSA) is 40.5 Å². The molecule has 0 aromatic heterocycles. The molecular formula is C16H23NO2. The highest BCUT2D eigenvalue weighted by Gasteiger charge is 2.12. The largest absolute Gasteiger partial charge is 0.478 e. The molecule has 3 nitrogen and oxygen atoms in total. The van der Waals surface area contributed by atoms with Crippen LogP contribution in [0.15, 0.2) is 24.3 Å². The van der Waals surface area contributed by atoms with Crippen LogP contribution >= 0.6 is 0 Å². The summed E-state index contributed by atoms with van der Waals surface area (Å²) in [6.07, 6.45) is 5.02. The van der Waals surface area contributed by atoms with E-state index in [9.17, 15) is 4.79 Å². The Hall–Kier alpha value is -1.77. The predicted molar refractivity (Wildman–Crippen MR) is 80.6 cm³/mol. The van der Waals surface area contributed by atoms with Crippen LogP contribution in [-0.2, 0) is 4.79 Å². The molecule has 0 fully saturated rings. The van der Waals surface area contributed by atoms with Crippen LogP contribution in [0.2, 0.25) is 0 Å². The summed E-state index contributed by atoms with van der Waals surface area (Å²) in [5.41, 5.74) is 3.30. The third kappa shape index (κ3) is 4.12. The predicted octanol–water partition coefficient (Wildman–Crippen LogP) is 3.72. The van der Waals surface area contributed by atoms with Crippen molar-refractivity contribution in [2.24, 2.45) is 0 Å². The minimum absolute atomic E-state index is 0.541. The molecule has 0 saturated heterocycles. The highest BCUT2D eigenvalue weighted by molar-refractivity contribution is 5.85. The van der Waals surface area contributed by atoms with Crippen LogP contribution in [0.5, 0.6) is 0 Å². The summed E-state index contributed by atoms with van der Waals surface area (Å²) in [5, 5.41) is 8.63. The summed E-state index contributed by atoms with van der Waals surface area (Å²) in [6.45, 7) is 6.46. The van der Waals surface area contributed by atoms with Gasteiger partial charge in [0.15, 0.2) is 0 Å². The number of carbonyl (C=O) groups is 1. The standard InChI is InChI=1S/C16H23NO2/c1-5-14(6-2)17(4)15-9-7-13(11-12(15)3)8-10-16(18)19/h7-11,14H,5-6H2,1-4H3,(H,18,19)/b10-8+. The van der Waals surface area contributed by atoms with E-state index in [0.717, 1.165) is 18.4 Å². The van der Waals surface area contributed by atoms with E-state index in [1.165, 1.54) is 17.3 Å². The maximum atomic E-state index is 10.5. The maximum Gasteiger partial charge on any atom is 0.328 e. The number of rotatable bonds is 6. The van der Waals surface area contributed by atoms with E-state index in [0.29, 0.717) is 6.04 Å². The van der Waals surface area contributed by atoms with Gasteiger partial charge in [-0.25, -0.2) is 4.79 Å². The van der Waals surface area contributed by atoms with Gasteiger partial charge in [0.1, 0.15) is 0 Å². The van der Waals surface area contributed by atoms with E-state index < -0.39 is 5.97 Å². The van der Waals surface area contributed by atoms with Crippen molar-refractivity contribution < 1.29 is 9.90 Å². The fraction of sp³-hybridized carbons (Fsp3) is 0.438. The zero-order valence-electron chi connectivity index (χ0n) is 12.2. The average molecular weight is 261 g/mol. The van der Waals surface area contributed by atoms with Gasteiger partial charge in [-0.15, -0.1) is 0 Å². The molecule has 19 heavy (non-hydrogen) atoms.